The van der Waals surface area contributed by atoms with E-state index in [0.717, 1.165) is 0 Å². The molecule has 1 aromatic rings. The van der Waals surface area contributed by atoms with Crippen molar-refractivity contribution in [1.29, 1.82) is 0 Å². The Hall–Kier alpha value is -3.18. The minimum absolute atomic E-state index is 0.0217. The molecule has 0 spiro atoms. The molecule has 0 aliphatic rings. The van der Waals surface area contributed by atoms with E-state index in [2.05, 4.69) is 16.0 Å². The number of aliphatic carboxylic acids is 1. The molecule has 1 aromatic carbocycles. The zero-order valence-electron chi connectivity index (χ0n) is 16.1. The smallest absolute Gasteiger partial charge is 0.322 e. The molecular weight excluding hydrogens is 384 g/mol. The summed E-state index contributed by atoms with van der Waals surface area (Å²) in [4.78, 5) is 47.4. The van der Waals surface area contributed by atoms with Crippen LogP contribution in [0.1, 0.15) is 19.4 Å². The molecule has 8 N–H and O–H groups in total. The van der Waals surface area contributed by atoms with Crippen LogP contribution >= 0.6 is 0 Å². The van der Waals surface area contributed by atoms with E-state index < -0.39 is 54.5 Å². The third-order valence-corrected chi connectivity index (χ3v) is 3.90. The summed E-state index contributed by atoms with van der Waals surface area (Å²) in [7, 11) is 0. The van der Waals surface area contributed by atoms with Crippen LogP contribution in [0.2, 0.25) is 0 Å². The zero-order valence-corrected chi connectivity index (χ0v) is 16.1. The van der Waals surface area contributed by atoms with E-state index in [-0.39, 0.29) is 12.2 Å². The van der Waals surface area contributed by atoms with Crippen molar-refractivity contribution in [3.05, 3.63) is 29.8 Å². The fourth-order valence-corrected chi connectivity index (χ4v) is 2.31. The zero-order chi connectivity index (χ0) is 22.1. The molecule has 11 nitrogen and oxygen atoms in total. The topological polar surface area (TPSA) is 191 Å². The van der Waals surface area contributed by atoms with Gasteiger partial charge < -0.3 is 37.0 Å². The quantitative estimate of drug-likeness (QED) is 0.227. The van der Waals surface area contributed by atoms with Crippen molar-refractivity contribution < 1.29 is 34.5 Å². The molecule has 1 rings (SSSR count). The lowest BCUT2D eigenvalue weighted by atomic mass is 10.0. The molecule has 4 unspecified atom stereocenters. The average molecular weight is 410 g/mol. The van der Waals surface area contributed by atoms with Crippen LogP contribution in [0.25, 0.3) is 0 Å². The molecule has 4 atom stereocenters. The SMILES string of the molecule is CC(N)C(=O)NC(Cc1ccc(O)cc1)C(=O)NC(C(=O)NCC(=O)O)C(C)O. The molecule has 0 heterocycles. The van der Waals surface area contributed by atoms with Gasteiger partial charge in [0.15, 0.2) is 0 Å². The number of hydrogen-bond donors (Lipinski definition) is 7. The second kappa shape index (κ2) is 11.0. The van der Waals surface area contributed by atoms with Crippen LogP contribution in [0.4, 0.5) is 0 Å². The van der Waals surface area contributed by atoms with Crippen molar-refractivity contribution in [3.63, 3.8) is 0 Å². The molecule has 0 fully saturated rings. The number of nitrogens with one attached hydrogen (secondary N) is 3. The van der Waals surface area contributed by atoms with Crippen molar-refractivity contribution in [2.24, 2.45) is 5.73 Å². The third-order valence-electron chi connectivity index (χ3n) is 3.90. The average Bonchev–Trinajstić information content (AvgIpc) is 2.64. The van der Waals surface area contributed by atoms with Crippen LogP contribution in [0.5, 0.6) is 5.75 Å². The Morgan fingerprint density at radius 2 is 1.59 bits per heavy atom. The third kappa shape index (κ3) is 8.15. The van der Waals surface area contributed by atoms with Gasteiger partial charge >= 0.3 is 5.97 Å². The van der Waals surface area contributed by atoms with Gasteiger partial charge in [-0.3, -0.25) is 19.2 Å². The van der Waals surface area contributed by atoms with E-state index in [1.165, 1.54) is 26.0 Å². The van der Waals surface area contributed by atoms with E-state index in [9.17, 15) is 29.4 Å². The first-order chi connectivity index (χ1) is 13.5. The van der Waals surface area contributed by atoms with E-state index in [1.54, 1.807) is 12.1 Å². The normalized spacial score (nSPS) is 14.8. The van der Waals surface area contributed by atoms with Crippen LogP contribution in [-0.4, -0.2) is 69.8 Å². The summed E-state index contributed by atoms with van der Waals surface area (Å²) in [5.74, 6) is -3.53. The van der Waals surface area contributed by atoms with Gasteiger partial charge in [-0.25, -0.2) is 0 Å². The second-order valence-corrected chi connectivity index (χ2v) is 6.56. The van der Waals surface area contributed by atoms with Gasteiger partial charge in [-0.1, -0.05) is 12.1 Å². The number of carboxylic acids is 1. The molecule has 0 radical (unpaired) electrons. The largest absolute Gasteiger partial charge is 0.508 e. The van der Waals surface area contributed by atoms with Gasteiger partial charge in [0.1, 0.15) is 24.4 Å². The number of amides is 3. The lowest BCUT2D eigenvalue weighted by Crippen LogP contribution is -2.59. The van der Waals surface area contributed by atoms with Crippen LogP contribution < -0.4 is 21.7 Å². The van der Waals surface area contributed by atoms with E-state index >= 15 is 0 Å². The number of carbonyl (C=O) groups excluding carboxylic acids is 3. The highest BCUT2D eigenvalue weighted by atomic mass is 16.4. The fourth-order valence-electron chi connectivity index (χ4n) is 2.31. The molecule has 160 valence electrons. The van der Waals surface area contributed by atoms with Crippen molar-refractivity contribution in [2.75, 3.05) is 6.54 Å². The van der Waals surface area contributed by atoms with E-state index in [1.807, 2.05) is 0 Å². The van der Waals surface area contributed by atoms with Crippen molar-refractivity contribution >= 4 is 23.7 Å². The Morgan fingerprint density at radius 3 is 2.07 bits per heavy atom. The maximum Gasteiger partial charge on any atom is 0.322 e. The predicted molar refractivity (Wildman–Crippen MR) is 102 cm³/mol. The van der Waals surface area contributed by atoms with Crippen LogP contribution in [0.3, 0.4) is 0 Å². The number of carboxylic acid groups (broad SMARTS) is 1. The summed E-state index contributed by atoms with van der Waals surface area (Å²) in [6.07, 6.45) is -1.31. The van der Waals surface area contributed by atoms with Gasteiger partial charge in [0, 0.05) is 6.42 Å². The molecule has 0 saturated carbocycles. The standard InChI is InChI=1S/C18H26N4O7/c1-9(19)16(27)21-13(7-11-3-5-12(24)6-4-11)17(28)22-15(10(2)23)18(29)20-8-14(25)26/h3-6,9-10,13,15,23-24H,7-8,19H2,1-2H3,(H,20,29)(H,21,27)(H,22,28)(H,25,26). The monoisotopic (exact) mass is 410 g/mol. The number of rotatable bonds is 10. The molecule has 11 heteroatoms. The molecular formula is C18H26N4O7. The number of aromatic hydroxyl groups is 1. The minimum atomic E-state index is -1.43. The van der Waals surface area contributed by atoms with E-state index in [0.29, 0.717) is 5.56 Å². The van der Waals surface area contributed by atoms with Gasteiger partial charge in [-0.2, -0.15) is 0 Å². The molecule has 0 aromatic heterocycles. The number of hydrogen-bond acceptors (Lipinski definition) is 7. The molecule has 0 aliphatic carbocycles. The number of aliphatic hydroxyl groups is 1. The van der Waals surface area contributed by atoms with Gasteiger partial charge in [0.2, 0.25) is 17.7 Å². The van der Waals surface area contributed by atoms with Gasteiger partial charge in [0.05, 0.1) is 12.1 Å². The highest BCUT2D eigenvalue weighted by Gasteiger charge is 2.30. The molecule has 0 aliphatic heterocycles. The first-order valence-corrected chi connectivity index (χ1v) is 8.83. The number of aliphatic hydroxyl groups excluding tert-OH is 1. The van der Waals surface area contributed by atoms with Gasteiger partial charge in [-0.15, -0.1) is 0 Å². The summed E-state index contributed by atoms with van der Waals surface area (Å²) in [5, 5.41) is 34.7. The Bertz CT molecular complexity index is 734. The molecule has 0 bridgehead atoms. The number of phenols is 1. The maximum atomic E-state index is 12.7. The summed E-state index contributed by atoms with van der Waals surface area (Å²) < 4.78 is 0. The highest BCUT2D eigenvalue weighted by Crippen LogP contribution is 2.12. The highest BCUT2D eigenvalue weighted by molar-refractivity contribution is 5.94. The summed E-state index contributed by atoms with van der Waals surface area (Å²) >= 11 is 0. The van der Waals surface area contributed by atoms with Crippen molar-refractivity contribution in [1.82, 2.24) is 16.0 Å². The number of phenolic OH excluding ortho intramolecular Hbond substituents is 1. The second-order valence-electron chi connectivity index (χ2n) is 6.56. The lowest BCUT2D eigenvalue weighted by molar-refractivity contribution is -0.139. The summed E-state index contributed by atoms with van der Waals surface area (Å²) in [6, 6.07) is 2.48. The van der Waals surface area contributed by atoms with Crippen LogP contribution in [0.15, 0.2) is 24.3 Å². The number of carbonyl (C=O) groups is 4. The van der Waals surface area contributed by atoms with Gasteiger partial charge in [0.25, 0.3) is 0 Å². The Labute approximate surface area is 167 Å². The van der Waals surface area contributed by atoms with E-state index in [4.69, 9.17) is 10.8 Å². The minimum Gasteiger partial charge on any atom is -0.508 e. The van der Waals surface area contributed by atoms with Crippen LogP contribution in [-0.2, 0) is 25.6 Å². The predicted octanol–water partition coefficient (Wildman–Crippen LogP) is -2.17. The first kappa shape index (κ1) is 23.9. The Kier molecular flexibility index (Phi) is 9.03. The summed E-state index contributed by atoms with van der Waals surface area (Å²) in [6.45, 7) is 2.00. The Morgan fingerprint density at radius 1 is 1.00 bits per heavy atom. The number of benzene rings is 1. The first-order valence-electron chi connectivity index (χ1n) is 8.83. The maximum absolute atomic E-state index is 12.7. The lowest BCUT2D eigenvalue weighted by Gasteiger charge is -2.25. The number of nitrogens with two attached hydrogens (primary N) is 1. The van der Waals surface area contributed by atoms with Crippen molar-refractivity contribution in [3.8, 4) is 5.75 Å². The summed E-state index contributed by atoms with van der Waals surface area (Å²) in [5.41, 5.74) is 6.13. The molecule has 29 heavy (non-hydrogen) atoms. The Balaban J connectivity index is 2.97. The van der Waals surface area contributed by atoms with Gasteiger partial charge in [-0.05, 0) is 31.5 Å². The molecule has 0 saturated heterocycles. The fraction of sp³-hybridized carbons (Fsp3) is 0.444. The van der Waals surface area contributed by atoms with Crippen molar-refractivity contribution in [2.45, 2.75) is 44.5 Å². The van der Waals surface area contributed by atoms with Crippen LogP contribution in [0, 0.1) is 0 Å². The molecule has 3 amide bonds.